The van der Waals surface area contributed by atoms with E-state index in [4.69, 9.17) is 0 Å². The fraction of sp³-hybridized carbons (Fsp3) is 0.429. The second kappa shape index (κ2) is 5.78. The predicted octanol–water partition coefficient (Wildman–Crippen LogP) is 2.25. The minimum Gasteiger partial charge on any atom is -0.316 e. The molecule has 0 unspecified atom stereocenters. The second-order valence-electron chi connectivity index (χ2n) is 4.45. The van der Waals surface area contributed by atoms with Crippen molar-refractivity contribution in [3.63, 3.8) is 0 Å². The maximum Gasteiger partial charge on any atom is 0.113 e. The van der Waals surface area contributed by atoms with Crippen molar-refractivity contribution in [2.24, 2.45) is 0 Å². The summed E-state index contributed by atoms with van der Waals surface area (Å²) in [5.41, 5.74) is 3.40. The molecule has 0 bridgehead atoms. The van der Waals surface area contributed by atoms with E-state index in [0.29, 0.717) is 0 Å². The molecule has 0 aliphatic carbocycles. The first-order chi connectivity index (χ1) is 8.76. The highest BCUT2D eigenvalue weighted by Crippen LogP contribution is 2.17. The van der Waals surface area contributed by atoms with Crippen molar-refractivity contribution in [2.45, 2.75) is 33.2 Å². The average molecular weight is 244 g/mol. The highest BCUT2D eigenvalue weighted by Gasteiger charge is 2.09. The lowest BCUT2D eigenvalue weighted by atomic mass is 10.2. The number of nitrogens with one attached hydrogen (secondary N) is 1. The third-order valence-corrected chi connectivity index (χ3v) is 2.92. The SMILES string of the molecule is CCCc1nccn1-c1cc(C)ncc1CNC. The number of imidazole rings is 1. The molecule has 0 fully saturated rings. The van der Waals surface area contributed by atoms with Crippen molar-refractivity contribution < 1.29 is 0 Å². The molecule has 2 heterocycles. The van der Waals surface area contributed by atoms with Gasteiger partial charge < -0.3 is 9.88 Å². The third kappa shape index (κ3) is 2.59. The van der Waals surface area contributed by atoms with Crippen LogP contribution in [0.15, 0.2) is 24.7 Å². The van der Waals surface area contributed by atoms with E-state index in [0.717, 1.165) is 30.9 Å². The van der Waals surface area contributed by atoms with E-state index < -0.39 is 0 Å². The lowest BCUT2D eigenvalue weighted by Crippen LogP contribution is -2.11. The van der Waals surface area contributed by atoms with Crippen molar-refractivity contribution in [1.82, 2.24) is 19.9 Å². The molecule has 1 N–H and O–H groups in total. The molecule has 0 saturated heterocycles. The Morgan fingerprint density at radius 3 is 2.89 bits per heavy atom. The van der Waals surface area contributed by atoms with Gasteiger partial charge in [0.25, 0.3) is 0 Å². The highest BCUT2D eigenvalue weighted by atomic mass is 15.1. The van der Waals surface area contributed by atoms with E-state index >= 15 is 0 Å². The van der Waals surface area contributed by atoms with Gasteiger partial charge in [-0.1, -0.05) is 6.92 Å². The maximum atomic E-state index is 4.44. The Kier molecular flexibility index (Phi) is 4.10. The first-order valence-electron chi connectivity index (χ1n) is 6.39. The number of aromatic nitrogens is 3. The second-order valence-corrected chi connectivity index (χ2v) is 4.45. The van der Waals surface area contributed by atoms with Gasteiger partial charge in [-0.2, -0.15) is 0 Å². The molecule has 0 atom stereocenters. The molecule has 18 heavy (non-hydrogen) atoms. The van der Waals surface area contributed by atoms with E-state index in [1.807, 2.05) is 32.6 Å². The summed E-state index contributed by atoms with van der Waals surface area (Å²) in [6.45, 7) is 5.00. The molecule has 4 nitrogen and oxygen atoms in total. The number of aryl methyl sites for hydroxylation is 2. The van der Waals surface area contributed by atoms with Crippen LogP contribution in [0, 0.1) is 6.92 Å². The van der Waals surface area contributed by atoms with Gasteiger partial charge in [-0.25, -0.2) is 4.98 Å². The minimum absolute atomic E-state index is 0.812. The average Bonchev–Trinajstić information content (AvgIpc) is 2.80. The molecule has 0 spiro atoms. The van der Waals surface area contributed by atoms with Crippen LogP contribution in [0.25, 0.3) is 5.69 Å². The van der Waals surface area contributed by atoms with Crippen LogP contribution >= 0.6 is 0 Å². The predicted molar refractivity (Wildman–Crippen MR) is 72.9 cm³/mol. The summed E-state index contributed by atoms with van der Waals surface area (Å²) in [4.78, 5) is 8.81. The third-order valence-electron chi connectivity index (χ3n) is 2.92. The number of nitrogens with zero attached hydrogens (tertiary/aromatic N) is 3. The molecule has 2 aromatic heterocycles. The Bertz CT molecular complexity index is 516. The van der Waals surface area contributed by atoms with Crippen molar-refractivity contribution in [3.05, 3.63) is 41.7 Å². The molecule has 0 aliphatic heterocycles. The van der Waals surface area contributed by atoms with Crippen LogP contribution in [0.1, 0.15) is 30.4 Å². The van der Waals surface area contributed by atoms with Gasteiger partial charge in [-0.15, -0.1) is 0 Å². The molecule has 96 valence electrons. The Labute approximate surface area is 108 Å². The van der Waals surface area contributed by atoms with Gasteiger partial charge in [-0.3, -0.25) is 4.98 Å². The lowest BCUT2D eigenvalue weighted by Gasteiger charge is -2.13. The van der Waals surface area contributed by atoms with E-state index in [1.54, 1.807) is 0 Å². The minimum atomic E-state index is 0.812. The topological polar surface area (TPSA) is 42.7 Å². The Morgan fingerprint density at radius 1 is 1.33 bits per heavy atom. The maximum absolute atomic E-state index is 4.44. The van der Waals surface area contributed by atoms with E-state index in [-0.39, 0.29) is 0 Å². The van der Waals surface area contributed by atoms with Crippen LogP contribution in [-0.2, 0) is 13.0 Å². The normalized spacial score (nSPS) is 10.8. The standard InChI is InChI=1S/C14H20N4/c1-4-5-14-16-6-7-18(14)13-8-11(2)17-10-12(13)9-15-3/h6-8,10,15H,4-5,9H2,1-3H3. The van der Waals surface area contributed by atoms with Crippen LogP contribution in [0.3, 0.4) is 0 Å². The van der Waals surface area contributed by atoms with Gasteiger partial charge in [0.15, 0.2) is 0 Å². The van der Waals surface area contributed by atoms with E-state index in [9.17, 15) is 0 Å². The van der Waals surface area contributed by atoms with E-state index in [1.165, 1.54) is 11.3 Å². The molecule has 2 aromatic rings. The summed E-state index contributed by atoms with van der Waals surface area (Å²) in [6.07, 6.45) is 7.93. The molecule has 2 rings (SSSR count). The zero-order chi connectivity index (χ0) is 13.0. The number of hydrogen-bond acceptors (Lipinski definition) is 3. The van der Waals surface area contributed by atoms with Gasteiger partial charge in [-0.05, 0) is 26.5 Å². The molecule has 0 amide bonds. The highest BCUT2D eigenvalue weighted by molar-refractivity contribution is 5.42. The lowest BCUT2D eigenvalue weighted by molar-refractivity contribution is 0.774. The molecular formula is C14H20N4. The van der Waals surface area contributed by atoms with Gasteiger partial charge >= 0.3 is 0 Å². The Hall–Kier alpha value is -1.68. The van der Waals surface area contributed by atoms with Crippen LogP contribution in [-0.4, -0.2) is 21.6 Å². The number of pyridine rings is 1. The molecule has 0 aliphatic rings. The summed E-state index contributed by atoms with van der Waals surface area (Å²) in [7, 11) is 1.95. The first kappa shape index (κ1) is 12.8. The molecule has 0 saturated carbocycles. The number of rotatable bonds is 5. The van der Waals surface area contributed by atoms with Crippen molar-refractivity contribution in [3.8, 4) is 5.69 Å². The Morgan fingerprint density at radius 2 is 2.17 bits per heavy atom. The van der Waals surface area contributed by atoms with Gasteiger partial charge in [0.2, 0.25) is 0 Å². The quantitative estimate of drug-likeness (QED) is 0.877. The summed E-state index contributed by atoms with van der Waals surface area (Å²) in [5, 5.41) is 3.18. The summed E-state index contributed by atoms with van der Waals surface area (Å²) in [6, 6.07) is 2.12. The largest absolute Gasteiger partial charge is 0.316 e. The molecule has 0 aromatic carbocycles. The summed E-state index contributed by atoms with van der Waals surface area (Å²) in [5.74, 6) is 1.11. The first-order valence-corrected chi connectivity index (χ1v) is 6.39. The molecule has 4 heteroatoms. The van der Waals surface area contributed by atoms with Gasteiger partial charge in [0, 0.05) is 42.8 Å². The summed E-state index contributed by atoms with van der Waals surface area (Å²) >= 11 is 0. The van der Waals surface area contributed by atoms with Crippen molar-refractivity contribution in [2.75, 3.05) is 7.05 Å². The fourth-order valence-corrected chi connectivity index (χ4v) is 2.09. The zero-order valence-corrected chi connectivity index (χ0v) is 11.3. The van der Waals surface area contributed by atoms with Crippen LogP contribution < -0.4 is 5.32 Å². The monoisotopic (exact) mass is 244 g/mol. The van der Waals surface area contributed by atoms with Crippen molar-refractivity contribution >= 4 is 0 Å². The smallest absolute Gasteiger partial charge is 0.113 e. The molecule has 0 radical (unpaired) electrons. The van der Waals surface area contributed by atoms with Gasteiger partial charge in [0.05, 0.1) is 5.69 Å². The van der Waals surface area contributed by atoms with Crippen LogP contribution in [0.5, 0.6) is 0 Å². The zero-order valence-electron chi connectivity index (χ0n) is 11.3. The van der Waals surface area contributed by atoms with Crippen LogP contribution in [0.4, 0.5) is 0 Å². The van der Waals surface area contributed by atoms with E-state index in [2.05, 4.69) is 32.8 Å². The van der Waals surface area contributed by atoms with Crippen molar-refractivity contribution in [1.29, 1.82) is 0 Å². The summed E-state index contributed by atoms with van der Waals surface area (Å²) < 4.78 is 2.17. The van der Waals surface area contributed by atoms with Gasteiger partial charge in [0.1, 0.15) is 5.82 Å². The molecular weight excluding hydrogens is 224 g/mol. The fourth-order valence-electron chi connectivity index (χ4n) is 2.09. The van der Waals surface area contributed by atoms with Crippen LogP contribution in [0.2, 0.25) is 0 Å². The Balaban J connectivity index is 2.47. The number of hydrogen-bond donors (Lipinski definition) is 1.